The van der Waals surface area contributed by atoms with Crippen molar-refractivity contribution in [3.05, 3.63) is 34.6 Å². The second kappa shape index (κ2) is 15.2. The molecule has 4 aliphatic rings. The average Bonchev–Trinajstić information content (AvgIpc) is 3.65. The van der Waals surface area contributed by atoms with Gasteiger partial charge in [-0.1, -0.05) is 45.2 Å². The SMILES string of the molecule is CCOc1c(F)cc(C2=C[C@]3(C[C@@H](C(=O)N[C@@H](CC4CC4)C(=O)C(N)=O)N(C(=O)[C@@H](NC(=O)CC4CCOCC4)C(C)(C)C)C3)ON2)cc1Cl. The minimum absolute atomic E-state index is 0.0521. The third kappa shape index (κ3) is 8.75. The molecular weight excluding hydrogens is 673 g/mol. The average molecular weight is 720 g/mol. The fraction of sp³-hybridized carbons (Fsp3) is 0.629. The van der Waals surface area contributed by atoms with Gasteiger partial charge < -0.3 is 30.7 Å². The van der Waals surface area contributed by atoms with Crippen molar-refractivity contribution in [1.82, 2.24) is 21.0 Å². The highest BCUT2D eigenvalue weighted by atomic mass is 35.5. The topological polar surface area (TPSA) is 178 Å². The number of rotatable bonds is 13. The monoisotopic (exact) mass is 719 g/mol. The largest absolute Gasteiger partial charge is 0.489 e. The zero-order valence-electron chi connectivity index (χ0n) is 28.9. The molecule has 274 valence electrons. The van der Waals surface area contributed by atoms with Gasteiger partial charge in [0.1, 0.15) is 17.7 Å². The van der Waals surface area contributed by atoms with Gasteiger partial charge in [0.15, 0.2) is 11.6 Å². The van der Waals surface area contributed by atoms with Crippen molar-refractivity contribution < 1.29 is 42.7 Å². The normalized spacial score (nSPS) is 23.5. The summed E-state index contributed by atoms with van der Waals surface area (Å²) in [5.41, 5.74) is 6.81. The zero-order chi connectivity index (χ0) is 36.4. The first-order chi connectivity index (χ1) is 23.6. The minimum atomic E-state index is -1.26. The van der Waals surface area contributed by atoms with Gasteiger partial charge in [0.05, 0.1) is 29.9 Å². The summed E-state index contributed by atoms with van der Waals surface area (Å²) in [5, 5.41) is 5.68. The molecule has 0 aromatic heterocycles. The predicted molar refractivity (Wildman–Crippen MR) is 181 cm³/mol. The molecule has 2 saturated heterocycles. The van der Waals surface area contributed by atoms with Gasteiger partial charge in [0.25, 0.3) is 5.91 Å². The third-order valence-corrected chi connectivity index (χ3v) is 9.96. The summed E-state index contributed by atoms with van der Waals surface area (Å²) in [5.74, 6) is -4.02. The van der Waals surface area contributed by atoms with Crippen molar-refractivity contribution in [3.8, 4) is 5.75 Å². The number of hydrogen-bond acceptors (Lipinski definition) is 9. The molecule has 4 amide bonds. The lowest BCUT2D eigenvalue weighted by Gasteiger charge is -2.36. The minimum Gasteiger partial charge on any atom is -0.489 e. The lowest BCUT2D eigenvalue weighted by atomic mass is 9.85. The van der Waals surface area contributed by atoms with Crippen LogP contribution >= 0.6 is 11.6 Å². The van der Waals surface area contributed by atoms with Crippen LogP contribution in [-0.2, 0) is 33.5 Å². The van der Waals surface area contributed by atoms with Gasteiger partial charge in [-0.05, 0) is 61.6 Å². The summed E-state index contributed by atoms with van der Waals surface area (Å²) in [7, 11) is 0. The Morgan fingerprint density at radius 1 is 1.12 bits per heavy atom. The van der Waals surface area contributed by atoms with E-state index in [0.29, 0.717) is 24.5 Å². The van der Waals surface area contributed by atoms with E-state index < -0.39 is 58.5 Å². The summed E-state index contributed by atoms with van der Waals surface area (Å²) in [6, 6.07) is -0.588. The summed E-state index contributed by atoms with van der Waals surface area (Å²) in [4.78, 5) is 73.9. The van der Waals surface area contributed by atoms with Crippen LogP contribution in [0, 0.1) is 23.1 Å². The Morgan fingerprint density at radius 2 is 1.82 bits per heavy atom. The molecule has 1 saturated carbocycles. The Balaban J connectivity index is 1.44. The molecule has 50 heavy (non-hydrogen) atoms. The van der Waals surface area contributed by atoms with Crippen LogP contribution in [-0.4, -0.2) is 84.4 Å². The maximum atomic E-state index is 14.9. The van der Waals surface area contributed by atoms with E-state index in [1.54, 1.807) is 13.0 Å². The van der Waals surface area contributed by atoms with Crippen LogP contribution in [0.15, 0.2) is 18.2 Å². The van der Waals surface area contributed by atoms with Crippen LogP contribution in [0.1, 0.15) is 78.2 Å². The van der Waals surface area contributed by atoms with Crippen molar-refractivity contribution in [2.75, 3.05) is 26.4 Å². The number of benzene rings is 1. The third-order valence-electron chi connectivity index (χ3n) is 9.68. The number of amides is 4. The Labute approximate surface area is 296 Å². The van der Waals surface area contributed by atoms with E-state index >= 15 is 0 Å². The second-order valence-electron chi connectivity index (χ2n) is 14.8. The molecule has 5 rings (SSSR count). The number of primary amides is 1. The first-order valence-electron chi connectivity index (χ1n) is 17.2. The van der Waals surface area contributed by atoms with E-state index in [4.69, 9.17) is 31.6 Å². The maximum Gasteiger partial charge on any atom is 0.287 e. The van der Waals surface area contributed by atoms with Gasteiger partial charge in [0.2, 0.25) is 23.5 Å². The van der Waals surface area contributed by atoms with Gasteiger partial charge >= 0.3 is 0 Å². The molecule has 1 aliphatic carbocycles. The molecule has 13 nitrogen and oxygen atoms in total. The molecule has 0 bridgehead atoms. The van der Waals surface area contributed by atoms with Crippen LogP contribution in [0.5, 0.6) is 5.75 Å². The number of carbonyl (C=O) groups excluding carboxylic acids is 5. The number of ether oxygens (including phenoxy) is 2. The quantitative estimate of drug-likeness (QED) is 0.223. The van der Waals surface area contributed by atoms with Crippen molar-refractivity contribution in [3.63, 3.8) is 0 Å². The Kier molecular flexibility index (Phi) is 11.4. The number of likely N-dealkylation sites (tertiary alicyclic amines) is 1. The molecule has 0 radical (unpaired) electrons. The lowest BCUT2D eigenvalue weighted by molar-refractivity contribution is -0.145. The summed E-state index contributed by atoms with van der Waals surface area (Å²) < 4.78 is 25.7. The number of carbonyl (C=O) groups is 5. The molecule has 3 heterocycles. The van der Waals surface area contributed by atoms with Gasteiger partial charge in [-0.2, -0.15) is 0 Å². The summed E-state index contributed by atoms with van der Waals surface area (Å²) in [6.45, 7) is 8.41. The van der Waals surface area contributed by atoms with Crippen LogP contribution in [0.4, 0.5) is 4.39 Å². The number of ketones is 1. The predicted octanol–water partition coefficient (Wildman–Crippen LogP) is 2.78. The Bertz CT molecular complexity index is 1520. The molecule has 1 spiro atoms. The number of Topliss-reactive ketones (excluding diaryl/α,β-unsaturated/α-hetero) is 1. The molecular formula is C35H47ClFN5O8. The van der Waals surface area contributed by atoms with Crippen LogP contribution in [0.25, 0.3) is 5.70 Å². The van der Waals surface area contributed by atoms with E-state index in [2.05, 4.69) is 16.1 Å². The standard InChI is InChI=1S/C35H47ClFN5O8/c1-5-49-29-22(36)14-21(15-23(29)37)25-16-35(50-41-25)17-26(32(46)39-24(12-19-6-7-19)28(44)31(38)45)42(18-35)33(47)30(34(2,3)4)40-27(43)13-20-8-10-48-11-9-20/h14-16,19-20,24,26,30,41H,5-13,17-18H2,1-4H3,(H2,38,45)(H,39,46)(H,40,43)/t24-,26-,30+,35+/m0/s1. The van der Waals surface area contributed by atoms with Crippen molar-refractivity contribution in [1.29, 1.82) is 0 Å². The van der Waals surface area contributed by atoms with E-state index in [9.17, 15) is 28.4 Å². The van der Waals surface area contributed by atoms with Crippen molar-refractivity contribution in [2.24, 2.45) is 23.0 Å². The number of nitrogens with one attached hydrogen (secondary N) is 3. The van der Waals surface area contributed by atoms with Gasteiger partial charge in [0, 0.05) is 31.6 Å². The van der Waals surface area contributed by atoms with E-state index in [-0.39, 0.29) is 60.9 Å². The van der Waals surface area contributed by atoms with Gasteiger partial charge in [-0.15, -0.1) is 0 Å². The van der Waals surface area contributed by atoms with Crippen molar-refractivity contribution >= 4 is 46.7 Å². The number of halogens is 2. The van der Waals surface area contributed by atoms with E-state index in [1.165, 1.54) is 17.0 Å². The second-order valence-corrected chi connectivity index (χ2v) is 15.2. The van der Waals surface area contributed by atoms with Gasteiger partial charge in [-0.25, -0.2) is 4.39 Å². The smallest absolute Gasteiger partial charge is 0.287 e. The number of nitrogens with zero attached hydrogens (tertiary/aromatic N) is 1. The zero-order valence-corrected chi connectivity index (χ0v) is 29.7. The number of hydrogen-bond donors (Lipinski definition) is 4. The lowest BCUT2D eigenvalue weighted by Crippen LogP contribution is -2.59. The highest BCUT2D eigenvalue weighted by Crippen LogP contribution is 2.41. The molecule has 15 heteroatoms. The number of nitrogens with two attached hydrogens (primary N) is 1. The van der Waals surface area contributed by atoms with Crippen LogP contribution in [0.2, 0.25) is 5.02 Å². The van der Waals surface area contributed by atoms with E-state index in [1.807, 2.05) is 20.8 Å². The summed E-state index contributed by atoms with van der Waals surface area (Å²) in [6.07, 6.45) is 5.30. The first kappa shape index (κ1) is 37.5. The molecule has 3 aliphatic heterocycles. The van der Waals surface area contributed by atoms with Crippen molar-refractivity contribution in [2.45, 2.75) is 96.4 Å². The molecule has 3 fully saturated rings. The molecule has 1 aromatic rings. The molecule has 0 unspecified atom stereocenters. The van der Waals surface area contributed by atoms with Gasteiger partial charge in [-0.3, -0.25) is 34.3 Å². The highest BCUT2D eigenvalue weighted by molar-refractivity contribution is 6.37. The number of hydroxylamine groups is 1. The van der Waals surface area contributed by atoms with Crippen LogP contribution < -0.4 is 26.6 Å². The maximum absolute atomic E-state index is 14.9. The van der Waals surface area contributed by atoms with E-state index in [0.717, 1.165) is 25.7 Å². The molecule has 4 atom stereocenters. The first-order valence-corrected chi connectivity index (χ1v) is 17.6. The fourth-order valence-corrected chi connectivity index (χ4v) is 7.03. The Hall–Kier alpha value is -3.75. The van der Waals surface area contributed by atoms with Crippen LogP contribution in [0.3, 0.4) is 0 Å². The Morgan fingerprint density at radius 3 is 2.42 bits per heavy atom. The summed E-state index contributed by atoms with van der Waals surface area (Å²) >= 11 is 6.32. The highest BCUT2D eigenvalue weighted by Gasteiger charge is 2.54. The molecule has 1 aromatic carbocycles. The fourth-order valence-electron chi connectivity index (χ4n) is 6.77. The molecule has 5 N–H and O–H groups in total.